The van der Waals surface area contributed by atoms with E-state index in [0.29, 0.717) is 16.9 Å². The second kappa shape index (κ2) is 5.51. The van der Waals surface area contributed by atoms with Gasteiger partial charge in [0.2, 0.25) is 5.78 Å². The van der Waals surface area contributed by atoms with E-state index in [9.17, 15) is 20.1 Å². The van der Waals surface area contributed by atoms with E-state index in [0.717, 1.165) is 0 Å². The lowest BCUT2D eigenvalue weighted by Gasteiger charge is -2.34. The van der Waals surface area contributed by atoms with Gasteiger partial charge in [-0.25, -0.2) is 0 Å². The number of aliphatic hydroxyl groups excluding tert-OH is 1. The smallest absolute Gasteiger partial charge is 0.202 e. The molecule has 2 heterocycles. The molecule has 0 aromatic heterocycles. The molecule has 26 heavy (non-hydrogen) atoms. The Kier molecular flexibility index (Phi) is 3.49. The number of phenolic OH excluding ortho intramolecular Hbond substituents is 2. The van der Waals surface area contributed by atoms with Gasteiger partial charge in [-0.1, -0.05) is 12.1 Å². The summed E-state index contributed by atoms with van der Waals surface area (Å²) in [4.78, 5) is 12.7. The predicted octanol–water partition coefficient (Wildman–Crippen LogP) is 2.96. The summed E-state index contributed by atoms with van der Waals surface area (Å²) in [6, 6.07) is 7.43. The zero-order valence-corrected chi connectivity index (χ0v) is 14.3. The maximum atomic E-state index is 12.7. The van der Waals surface area contributed by atoms with Gasteiger partial charge in [0.05, 0.1) is 5.56 Å². The molecule has 2 aromatic carbocycles. The molecule has 0 aliphatic carbocycles. The van der Waals surface area contributed by atoms with Crippen LogP contribution in [0.15, 0.2) is 36.4 Å². The van der Waals surface area contributed by atoms with Gasteiger partial charge in [-0.05, 0) is 43.7 Å². The van der Waals surface area contributed by atoms with E-state index in [2.05, 4.69) is 0 Å². The molecule has 0 bridgehead atoms. The number of phenols is 2. The molecule has 2 aromatic rings. The maximum Gasteiger partial charge on any atom is 0.202 e. The van der Waals surface area contributed by atoms with Crippen LogP contribution in [0.1, 0.15) is 41.4 Å². The van der Waals surface area contributed by atoms with Crippen LogP contribution in [0.2, 0.25) is 0 Å². The lowest BCUT2D eigenvalue weighted by atomic mass is 9.90. The van der Waals surface area contributed by atoms with Crippen LogP contribution in [-0.2, 0) is 0 Å². The molecular weight excluding hydrogens is 336 g/mol. The lowest BCUT2D eigenvalue weighted by molar-refractivity contribution is 0.0207. The van der Waals surface area contributed by atoms with Gasteiger partial charge in [0.15, 0.2) is 12.2 Å². The summed E-state index contributed by atoms with van der Waals surface area (Å²) in [6.07, 6.45) is 1.20. The summed E-state index contributed by atoms with van der Waals surface area (Å²) < 4.78 is 11.8. The van der Waals surface area contributed by atoms with Crippen molar-refractivity contribution in [2.45, 2.75) is 31.7 Å². The first-order valence-electron chi connectivity index (χ1n) is 8.23. The van der Waals surface area contributed by atoms with E-state index >= 15 is 0 Å². The second-order valence-corrected chi connectivity index (χ2v) is 6.99. The Balaban J connectivity index is 1.85. The highest BCUT2D eigenvalue weighted by atomic mass is 16.5. The minimum atomic E-state index is -1.47. The standard InChI is InChI=1S/C20H18O6/c1-20(2)8-7-12-14(26-20)9-13(22)15-16(23)17(24)18(25-19(12)15)10-3-5-11(21)6-4-10/h3-9,17-18,21-22,24H,1-2H3/t17-,18+/m0/s1. The molecule has 6 heteroatoms. The first-order chi connectivity index (χ1) is 12.3. The van der Waals surface area contributed by atoms with Crippen LogP contribution >= 0.6 is 0 Å². The maximum absolute atomic E-state index is 12.7. The summed E-state index contributed by atoms with van der Waals surface area (Å²) in [5.74, 6) is -0.261. The van der Waals surface area contributed by atoms with Crippen molar-refractivity contribution >= 4 is 11.9 Å². The van der Waals surface area contributed by atoms with E-state index in [-0.39, 0.29) is 22.8 Å². The molecule has 0 spiro atoms. The van der Waals surface area contributed by atoms with Gasteiger partial charge < -0.3 is 24.8 Å². The number of hydrogen-bond acceptors (Lipinski definition) is 6. The van der Waals surface area contributed by atoms with Crippen molar-refractivity contribution in [3.63, 3.8) is 0 Å². The Bertz CT molecular complexity index is 926. The molecule has 0 saturated heterocycles. The van der Waals surface area contributed by atoms with Gasteiger partial charge in [-0.15, -0.1) is 0 Å². The van der Waals surface area contributed by atoms with Crippen LogP contribution in [0.25, 0.3) is 6.08 Å². The fraction of sp³-hybridized carbons (Fsp3) is 0.250. The van der Waals surface area contributed by atoms with Crippen molar-refractivity contribution in [2.75, 3.05) is 0 Å². The number of ether oxygens (including phenoxy) is 2. The number of aliphatic hydroxyl groups is 1. The third kappa shape index (κ3) is 2.50. The normalized spacial score (nSPS) is 22.8. The van der Waals surface area contributed by atoms with Crippen LogP contribution < -0.4 is 9.47 Å². The number of benzene rings is 2. The zero-order chi connectivity index (χ0) is 18.6. The Morgan fingerprint density at radius 2 is 1.81 bits per heavy atom. The molecule has 0 fully saturated rings. The zero-order valence-electron chi connectivity index (χ0n) is 14.3. The van der Waals surface area contributed by atoms with Crippen molar-refractivity contribution in [2.24, 2.45) is 0 Å². The van der Waals surface area contributed by atoms with Crippen LogP contribution in [0.5, 0.6) is 23.0 Å². The topological polar surface area (TPSA) is 96.2 Å². The van der Waals surface area contributed by atoms with Crippen LogP contribution in [-0.4, -0.2) is 32.8 Å². The molecule has 134 valence electrons. The van der Waals surface area contributed by atoms with Gasteiger partial charge in [-0.2, -0.15) is 0 Å². The fourth-order valence-corrected chi connectivity index (χ4v) is 3.23. The molecule has 2 aliphatic rings. The first-order valence-corrected chi connectivity index (χ1v) is 8.23. The highest BCUT2D eigenvalue weighted by Crippen LogP contribution is 2.48. The number of fused-ring (bicyclic) bond motifs is 3. The average molecular weight is 354 g/mol. The third-order valence-electron chi connectivity index (χ3n) is 4.55. The Morgan fingerprint density at radius 1 is 1.12 bits per heavy atom. The first kappa shape index (κ1) is 16.5. The highest BCUT2D eigenvalue weighted by Gasteiger charge is 2.41. The molecule has 3 N–H and O–H groups in total. The summed E-state index contributed by atoms with van der Waals surface area (Å²) in [6.45, 7) is 3.75. The molecule has 0 unspecified atom stereocenters. The average Bonchev–Trinajstić information content (AvgIpc) is 2.57. The lowest BCUT2D eigenvalue weighted by Crippen LogP contribution is -2.37. The minimum Gasteiger partial charge on any atom is -0.508 e. The van der Waals surface area contributed by atoms with Crippen molar-refractivity contribution in [1.29, 1.82) is 0 Å². The Morgan fingerprint density at radius 3 is 2.50 bits per heavy atom. The summed E-state index contributed by atoms with van der Waals surface area (Å²) >= 11 is 0. The largest absolute Gasteiger partial charge is 0.508 e. The minimum absolute atomic E-state index is 0.0563. The summed E-state index contributed by atoms with van der Waals surface area (Å²) in [5, 5.41) is 30.2. The second-order valence-electron chi connectivity index (χ2n) is 6.99. The van der Waals surface area contributed by atoms with E-state index < -0.39 is 23.6 Å². The molecule has 0 radical (unpaired) electrons. The predicted molar refractivity (Wildman–Crippen MR) is 93.7 cm³/mol. The van der Waals surface area contributed by atoms with E-state index in [1.54, 1.807) is 18.2 Å². The number of rotatable bonds is 1. The van der Waals surface area contributed by atoms with Gasteiger partial charge in [-0.3, -0.25) is 4.79 Å². The number of Topliss-reactive ketones (excluding diaryl/α,β-unsaturated/α-hetero) is 1. The van der Waals surface area contributed by atoms with Crippen LogP contribution in [0, 0.1) is 0 Å². The van der Waals surface area contributed by atoms with E-state index in [4.69, 9.17) is 9.47 Å². The number of hydrogen-bond donors (Lipinski definition) is 3. The van der Waals surface area contributed by atoms with Crippen molar-refractivity contribution in [3.8, 4) is 23.0 Å². The van der Waals surface area contributed by atoms with Crippen LogP contribution in [0.4, 0.5) is 0 Å². The van der Waals surface area contributed by atoms with Gasteiger partial charge in [0.25, 0.3) is 0 Å². The van der Waals surface area contributed by atoms with E-state index in [1.807, 2.05) is 19.9 Å². The van der Waals surface area contributed by atoms with Crippen LogP contribution in [0.3, 0.4) is 0 Å². The monoisotopic (exact) mass is 354 g/mol. The molecular formula is C20H18O6. The van der Waals surface area contributed by atoms with E-state index in [1.165, 1.54) is 18.2 Å². The fourth-order valence-electron chi connectivity index (χ4n) is 3.23. The molecule has 6 nitrogen and oxygen atoms in total. The number of ketones is 1. The van der Waals surface area contributed by atoms with Crippen molar-refractivity contribution in [1.82, 2.24) is 0 Å². The molecule has 2 aliphatic heterocycles. The number of aromatic hydroxyl groups is 2. The molecule has 0 amide bonds. The molecule has 2 atom stereocenters. The Labute approximate surface area is 149 Å². The number of carbonyl (C=O) groups is 1. The van der Waals surface area contributed by atoms with Gasteiger partial charge in [0.1, 0.15) is 34.2 Å². The summed E-state index contributed by atoms with van der Waals surface area (Å²) in [5.41, 5.74) is 0.468. The third-order valence-corrected chi connectivity index (χ3v) is 4.55. The van der Waals surface area contributed by atoms with Crippen molar-refractivity contribution < 1.29 is 29.6 Å². The quantitative estimate of drug-likeness (QED) is 0.729. The van der Waals surface area contributed by atoms with Gasteiger partial charge in [0, 0.05) is 6.07 Å². The Hall–Kier alpha value is -2.99. The van der Waals surface area contributed by atoms with Gasteiger partial charge >= 0.3 is 0 Å². The molecule has 0 saturated carbocycles. The highest BCUT2D eigenvalue weighted by molar-refractivity contribution is 6.07. The molecule has 4 rings (SSSR count). The number of carbonyl (C=O) groups excluding carboxylic acids is 1. The SMILES string of the molecule is CC1(C)C=Cc2c(cc(O)c3c2O[C@H](c2ccc(O)cc2)[C@@H](O)C3=O)O1. The van der Waals surface area contributed by atoms with Crippen molar-refractivity contribution in [3.05, 3.63) is 53.1 Å². The summed E-state index contributed by atoms with van der Waals surface area (Å²) in [7, 11) is 0.